The summed E-state index contributed by atoms with van der Waals surface area (Å²) in [6, 6.07) is 0. The molecule has 1 heterocycles. The molecule has 1 aromatic rings. The molecule has 1 aromatic heterocycles. The molecule has 56 valence electrons. The van der Waals surface area contributed by atoms with Crippen LogP contribution in [0.4, 0.5) is 5.82 Å². The molecule has 0 aliphatic heterocycles. The number of nitrogens with two attached hydrogens (primary N) is 1. The van der Waals surface area contributed by atoms with Gasteiger partial charge in [-0.2, -0.15) is 5.10 Å². The first-order valence-corrected chi connectivity index (χ1v) is 2.76. The van der Waals surface area contributed by atoms with Crippen molar-refractivity contribution in [1.82, 2.24) is 10.2 Å². The van der Waals surface area contributed by atoms with Crippen molar-refractivity contribution in [1.29, 1.82) is 5.41 Å². The Kier molecular flexibility index (Phi) is 1.79. The van der Waals surface area contributed by atoms with Crippen LogP contribution >= 0.6 is 0 Å². The quantitative estimate of drug-likeness (QED) is 0.297. The molecule has 0 radical (unpaired) electrons. The topological polar surface area (TPSA) is 87.8 Å². The molecular formula is C6H6N4O. The van der Waals surface area contributed by atoms with E-state index in [0.29, 0.717) is 5.56 Å². The molecule has 0 bridgehead atoms. The number of aromatic nitrogens is 2. The van der Waals surface area contributed by atoms with Gasteiger partial charge in [0.1, 0.15) is 11.9 Å². The SMILES string of the molecule is C#COC(=N)c1cn[nH]c1N. The highest BCUT2D eigenvalue weighted by Crippen LogP contribution is 2.06. The fourth-order valence-electron chi connectivity index (χ4n) is 0.591. The zero-order chi connectivity index (χ0) is 8.27. The smallest absolute Gasteiger partial charge is 0.236 e. The number of nitrogen functional groups attached to an aromatic ring is 1. The van der Waals surface area contributed by atoms with Gasteiger partial charge in [0.2, 0.25) is 5.90 Å². The molecule has 1 rings (SSSR count). The van der Waals surface area contributed by atoms with Crippen LogP contribution in [0.1, 0.15) is 5.56 Å². The number of ether oxygens (including phenoxy) is 1. The normalized spacial score (nSPS) is 8.64. The van der Waals surface area contributed by atoms with Crippen molar-refractivity contribution in [3.05, 3.63) is 11.8 Å². The number of rotatable bonds is 1. The van der Waals surface area contributed by atoms with Gasteiger partial charge in [-0.1, -0.05) is 6.42 Å². The van der Waals surface area contributed by atoms with E-state index < -0.39 is 0 Å². The molecule has 0 aliphatic rings. The van der Waals surface area contributed by atoms with Crippen LogP contribution in [0.15, 0.2) is 6.20 Å². The van der Waals surface area contributed by atoms with E-state index in [0.717, 1.165) is 0 Å². The lowest BCUT2D eigenvalue weighted by Gasteiger charge is -1.95. The number of nitrogens with zero attached hydrogens (tertiary/aromatic N) is 1. The summed E-state index contributed by atoms with van der Waals surface area (Å²) >= 11 is 0. The molecule has 11 heavy (non-hydrogen) atoms. The van der Waals surface area contributed by atoms with Crippen molar-refractivity contribution in [2.75, 3.05) is 5.73 Å². The molecular weight excluding hydrogens is 144 g/mol. The molecule has 0 spiro atoms. The van der Waals surface area contributed by atoms with E-state index in [2.05, 4.69) is 14.9 Å². The summed E-state index contributed by atoms with van der Waals surface area (Å²) < 4.78 is 4.44. The average molecular weight is 150 g/mol. The van der Waals surface area contributed by atoms with Crippen LogP contribution in [0.5, 0.6) is 0 Å². The van der Waals surface area contributed by atoms with Gasteiger partial charge in [-0.25, -0.2) is 0 Å². The van der Waals surface area contributed by atoms with Gasteiger partial charge in [-0.3, -0.25) is 10.5 Å². The van der Waals surface area contributed by atoms with E-state index in [1.807, 2.05) is 6.11 Å². The zero-order valence-electron chi connectivity index (χ0n) is 5.59. The van der Waals surface area contributed by atoms with Crippen LogP contribution in [-0.4, -0.2) is 16.1 Å². The Morgan fingerprint density at radius 1 is 1.91 bits per heavy atom. The van der Waals surface area contributed by atoms with Crippen LogP contribution in [0.2, 0.25) is 0 Å². The minimum Gasteiger partial charge on any atom is -0.388 e. The minimum absolute atomic E-state index is 0.182. The van der Waals surface area contributed by atoms with Gasteiger partial charge in [0.15, 0.2) is 0 Å². The molecule has 0 aliphatic carbocycles. The lowest BCUT2D eigenvalue weighted by Crippen LogP contribution is -2.02. The number of anilines is 1. The fraction of sp³-hybridized carbons (Fsp3) is 0. The van der Waals surface area contributed by atoms with E-state index in [1.165, 1.54) is 6.20 Å². The lowest BCUT2D eigenvalue weighted by molar-refractivity contribution is 0.510. The Bertz CT molecular complexity index is 309. The lowest BCUT2D eigenvalue weighted by atomic mass is 10.3. The van der Waals surface area contributed by atoms with Gasteiger partial charge < -0.3 is 10.5 Å². The number of hydrogen-bond donors (Lipinski definition) is 3. The van der Waals surface area contributed by atoms with Gasteiger partial charge in [0.05, 0.1) is 11.8 Å². The fourth-order valence-corrected chi connectivity index (χ4v) is 0.591. The molecule has 5 heteroatoms. The van der Waals surface area contributed by atoms with Crippen LogP contribution in [0.25, 0.3) is 0 Å². The standard InChI is InChI=1S/C6H6N4O/c1-2-11-6(8)4-3-9-10-5(4)7/h1,3,8H,(H3,7,9,10). The van der Waals surface area contributed by atoms with Crippen LogP contribution < -0.4 is 5.73 Å². The van der Waals surface area contributed by atoms with Crippen LogP contribution in [-0.2, 0) is 4.74 Å². The number of aromatic amines is 1. The number of terminal acetylenes is 1. The van der Waals surface area contributed by atoms with Gasteiger partial charge >= 0.3 is 0 Å². The maximum atomic E-state index is 7.18. The maximum absolute atomic E-state index is 7.18. The van der Waals surface area contributed by atoms with E-state index in [9.17, 15) is 0 Å². The highest BCUT2D eigenvalue weighted by molar-refractivity contribution is 5.96. The second-order valence-electron chi connectivity index (χ2n) is 1.75. The first kappa shape index (κ1) is 7.15. The molecule has 0 aromatic carbocycles. The highest BCUT2D eigenvalue weighted by Gasteiger charge is 2.07. The summed E-state index contributed by atoms with van der Waals surface area (Å²) in [4.78, 5) is 0. The Hall–Kier alpha value is -1.96. The largest absolute Gasteiger partial charge is 0.388 e. The second kappa shape index (κ2) is 2.75. The van der Waals surface area contributed by atoms with E-state index >= 15 is 0 Å². The van der Waals surface area contributed by atoms with Crippen LogP contribution in [0.3, 0.4) is 0 Å². The molecule has 0 saturated carbocycles. The average Bonchev–Trinajstić information content (AvgIpc) is 2.36. The maximum Gasteiger partial charge on any atom is 0.236 e. The van der Waals surface area contributed by atoms with Crippen molar-refractivity contribution in [3.8, 4) is 12.5 Å². The summed E-state index contributed by atoms with van der Waals surface area (Å²) in [5.74, 6) is 0.0870. The Morgan fingerprint density at radius 2 is 2.64 bits per heavy atom. The highest BCUT2D eigenvalue weighted by atomic mass is 16.5. The third-order valence-electron chi connectivity index (χ3n) is 1.07. The van der Waals surface area contributed by atoms with Crippen LogP contribution in [0, 0.1) is 17.9 Å². The predicted molar refractivity (Wildman–Crippen MR) is 39.7 cm³/mol. The Labute approximate surface area is 63.1 Å². The predicted octanol–water partition coefficient (Wildman–Crippen LogP) is -0.0754. The first-order valence-electron chi connectivity index (χ1n) is 2.76. The molecule has 5 nitrogen and oxygen atoms in total. The molecule has 0 fully saturated rings. The van der Waals surface area contributed by atoms with Crippen molar-refractivity contribution < 1.29 is 4.74 Å². The van der Waals surface area contributed by atoms with Gasteiger partial charge in [-0.15, -0.1) is 0 Å². The Balaban J connectivity index is 2.86. The minimum atomic E-state index is -0.182. The third-order valence-corrected chi connectivity index (χ3v) is 1.07. The van der Waals surface area contributed by atoms with Crippen molar-refractivity contribution in [2.45, 2.75) is 0 Å². The monoisotopic (exact) mass is 150 g/mol. The molecule has 0 saturated heterocycles. The first-order chi connectivity index (χ1) is 5.25. The molecule has 0 amide bonds. The summed E-state index contributed by atoms with van der Waals surface area (Å²) in [7, 11) is 0. The molecule has 0 unspecified atom stereocenters. The summed E-state index contributed by atoms with van der Waals surface area (Å²) in [6.07, 6.45) is 8.03. The second-order valence-corrected chi connectivity index (χ2v) is 1.75. The number of nitrogens with one attached hydrogen (secondary N) is 2. The Morgan fingerprint density at radius 3 is 3.09 bits per heavy atom. The third kappa shape index (κ3) is 1.30. The zero-order valence-corrected chi connectivity index (χ0v) is 5.59. The molecule has 4 N–H and O–H groups in total. The number of hydrogen-bond acceptors (Lipinski definition) is 4. The van der Waals surface area contributed by atoms with Gasteiger partial charge in [0.25, 0.3) is 0 Å². The number of H-pyrrole nitrogens is 1. The van der Waals surface area contributed by atoms with E-state index in [1.54, 1.807) is 0 Å². The van der Waals surface area contributed by atoms with Gasteiger partial charge in [-0.05, 0) is 0 Å². The van der Waals surface area contributed by atoms with E-state index in [4.69, 9.17) is 17.6 Å². The summed E-state index contributed by atoms with van der Waals surface area (Å²) in [5.41, 5.74) is 5.73. The van der Waals surface area contributed by atoms with Crippen molar-refractivity contribution in [2.24, 2.45) is 0 Å². The van der Waals surface area contributed by atoms with E-state index in [-0.39, 0.29) is 11.7 Å². The van der Waals surface area contributed by atoms with Gasteiger partial charge in [0, 0.05) is 0 Å². The van der Waals surface area contributed by atoms with Crippen molar-refractivity contribution in [3.63, 3.8) is 0 Å². The van der Waals surface area contributed by atoms with Crippen molar-refractivity contribution >= 4 is 11.7 Å². The molecule has 0 atom stereocenters. The summed E-state index contributed by atoms with van der Waals surface area (Å²) in [5, 5.41) is 13.2. The summed E-state index contributed by atoms with van der Waals surface area (Å²) in [6.45, 7) is 0.